The first-order valence-electron chi connectivity index (χ1n) is 7.53. The number of aromatic nitrogens is 2. The van der Waals surface area contributed by atoms with E-state index in [0.717, 1.165) is 56.7 Å². The Hall–Kier alpha value is -0.940. The lowest BCUT2D eigenvalue weighted by molar-refractivity contribution is 0.0778. The molecule has 0 spiro atoms. The lowest BCUT2D eigenvalue weighted by atomic mass is 9.94. The van der Waals surface area contributed by atoms with E-state index in [9.17, 15) is 0 Å². The third-order valence-electron chi connectivity index (χ3n) is 4.23. The van der Waals surface area contributed by atoms with Gasteiger partial charge in [0.05, 0.1) is 0 Å². The van der Waals surface area contributed by atoms with E-state index in [-0.39, 0.29) is 0 Å². The van der Waals surface area contributed by atoms with Gasteiger partial charge in [-0.05, 0) is 51.1 Å². The van der Waals surface area contributed by atoms with E-state index in [1.807, 2.05) is 0 Å². The fraction of sp³-hybridized carbons (Fsp3) is 0.857. The number of nitrogens with one attached hydrogen (secondary N) is 1. The normalized spacial score (nSPS) is 25.6. The zero-order valence-electron chi connectivity index (χ0n) is 11.4. The zero-order chi connectivity index (χ0) is 12.9. The van der Waals surface area contributed by atoms with Gasteiger partial charge in [-0.3, -0.25) is 0 Å². The van der Waals surface area contributed by atoms with Crippen LogP contribution in [-0.4, -0.2) is 36.4 Å². The Morgan fingerprint density at radius 3 is 2.89 bits per heavy atom. The van der Waals surface area contributed by atoms with E-state index in [4.69, 9.17) is 9.26 Å². The Morgan fingerprint density at radius 2 is 2.11 bits per heavy atom. The summed E-state index contributed by atoms with van der Waals surface area (Å²) in [6.45, 7) is 3.95. The Balaban J connectivity index is 1.49. The monoisotopic (exact) mass is 265 g/mol. The molecule has 2 saturated heterocycles. The van der Waals surface area contributed by atoms with Crippen LogP contribution in [0, 0.1) is 5.92 Å². The van der Waals surface area contributed by atoms with Crippen molar-refractivity contribution in [3.63, 3.8) is 0 Å². The molecule has 106 valence electrons. The Morgan fingerprint density at radius 1 is 1.21 bits per heavy atom. The maximum absolute atomic E-state index is 5.41. The van der Waals surface area contributed by atoms with Crippen LogP contribution < -0.4 is 5.32 Å². The van der Waals surface area contributed by atoms with Gasteiger partial charge in [0.15, 0.2) is 5.82 Å². The van der Waals surface area contributed by atoms with Crippen LogP contribution in [-0.2, 0) is 11.2 Å². The van der Waals surface area contributed by atoms with E-state index in [1.54, 1.807) is 0 Å². The molecule has 1 atom stereocenters. The number of rotatable bonds is 4. The summed E-state index contributed by atoms with van der Waals surface area (Å²) >= 11 is 0. The highest BCUT2D eigenvalue weighted by Gasteiger charge is 2.22. The van der Waals surface area contributed by atoms with Crippen LogP contribution in [0.25, 0.3) is 0 Å². The van der Waals surface area contributed by atoms with Crippen molar-refractivity contribution in [1.29, 1.82) is 0 Å². The van der Waals surface area contributed by atoms with Gasteiger partial charge in [0.2, 0.25) is 5.89 Å². The topological polar surface area (TPSA) is 60.2 Å². The molecule has 0 saturated carbocycles. The van der Waals surface area contributed by atoms with Crippen molar-refractivity contribution in [3.05, 3.63) is 11.7 Å². The molecular weight excluding hydrogens is 242 g/mol. The molecule has 0 radical (unpaired) electrons. The second kappa shape index (κ2) is 6.48. The number of piperidine rings is 1. The van der Waals surface area contributed by atoms with Crippen LogP contribution in [0.5, 0.6) is 0 Å². The van der Waals surface area contributed by atoms with Crippen molar-refractivity contribution in [3.8, 4) is 0 Å². The molecule has 19 heavy (non-hydrogen) atoms. The molecule has 0 aliphatic carbocycles. The van der Waals surface area contributed by atoms with Crippen molar-refractivity contribution < 1.29 is 9.26 Å². The van der Waals surface area contributed by atoms with Gasteiger partial charge >= 0.3 is 0 Å². The van der Waals surface area contributed by atoms with Crippen molar-refractivity contribution in [2.75, 3.05) is 26.3 Å². The summed E-state index contributed by atoms with van der Waals surface area (Å²) in [4.78, 5) is 4.56. The predicted molar refractivity (Wildman–Crippen MR) is 71.0 cm³/mol. The predicted octanol–water partition coefficient (Wildman–Crippen LogP) is 1.90. The van der Waals surface area contributed by atoms with E-state index in [1.165, 1.54) is 25.8 Å². The van der Waals surface area contributed by atoms with Gasteiger partial charge in [-0.2, -0.15) is 4.98 Å². The lowest BCUT2D eigenvalue weighted by Crippen LogP contribution is -2.30. The van der Waals surface area contributed by atoms with E-state index in [2.05, 4.69) is 15.5 Å². The minimum Gasteiger partial charge on any atom is -0.381 e. The smallest absolute Gasteiger partial charge is 0.229 e. The van der Waals surface area contributed by atoms with Gasteiger partial charge in [-0.25, -0.2) is 0 Å². The summed E-state index contributed by atoms with van der Waals surface area (Å²) in [6.07, 6.45) is 6.75. The SMILES string of the molecule is C1CNCC(CCc2noc(C3CCOCC3)n2)C1. The Bertz CT molecular complexity index is 382. The van der Waals surface area contributed by atoms with Crippen LogP contribution in [0.1, 0.15) is 49.7 Å². The van der Waals surface area contributed by atoms with Crippen molar-refractivity contribution in [2.24, 2.45) is 5.92 Å². The average Bonchev–Trinajstić information content (AvgIpc) is 2.96. The molecule has 1 N–H and O–H groups in total. The summed E-state index contributed by atoms with van der Waals surface area (Å²) < 4.78 is 10.8. The first kappa shape index (κ1) is 13.1. The maximum atomic E-state index is 5.41. The summed E-state index contributed by atoms with van der Waals surface area (Å²) in [5, 5.41) is 7.58. The van der Waals surface area contributed by atoms with Gasteiger partial charge in [0.25, 0.3) is 0 Å². The molecule has 1 unspecified atom stereocenters. The Kier molecular flexibility index (Phi) is 4.45. The minimum atomic E-state index is 0.409. The molecule has 0 amide bonds. The second-order valence-electron chi connectivity index (χ2n) is 5.69. The molecule has 5 nitrogen and oxygen atoms in total. The third-order valence-corrected chi connectivity index (χ3v) is 4.23. The van der Waals surface area contributed by atoms with Gasteiger partial charge < -0.3 is 14.6 Å². The van der Waals surface area contributed by atoms with Crippen LogP contribution in [0.15, 0.2) is 4.52 Å². The fourth-order valence-electron chi connectivity index (χ4n) is 2.98. The van der Waals surface area contributed by atoms with Crippen molar-refractivity contribution >= 4 is 0 Å². The molecular formula is C14H23N3O2. The van der Waals surface area contributed by atoms with Crippen LogP contribution in [0.3, 0.4) is 0 Å². The van der Waals surface area contributed by atoms with Crippen LogP contribution in [0.4, 0.5) is 0 Å². The van der Waals surface area contributed by atoms with Gasteiger partial charge in [0, 0.05) is 25.6 Å². The highest BCUT2D eigenvalue weighted by molar-refractivity contribution is 4.95. The number of aryl methyl sites for hydroxylation is 1. The zero-order valence-corrected chi connectivity index (χ0v) is 11.4. The number of hydrogen-bond acceptors (Lipinski definition) is 5. The summed E-state index contributed by atoms with van der Waals surface area (Å²) in [5.41, 5.74) is 0. The molecule has 3 rings (SSSR count). The summed E-state index contributed by atoms with van der Waals surface area (Å²) in [7, 11) is 0. The van der Waals surface area contributed by atoms with Gasteiger partial charge in [-0.1, -0.05) is 5.16 Å². The van der Waals surface area contributed by atoms with Crippen molar-refractivity contribution in [1.82, 2.24) is 15.5 Å². The number of nitrogens with zero attached hydrogens (tertiary/aromatic N) is 2. The molecule has 3 heterocycles. The van der Waals surface area contributed by atoms with Crippen LogP contribution >= 0.6 is 0 Å². The third kappa shape index (κ3) is 3.54. The first-order valence-corrected chi connectivity index (χ1v) is 7.53. The van der Waals surface area contributed by atoms with Gasteiger partial charge in [-0.15, -0.1) is 0 Å². The molecule has 5 heteroatoms. The molecule has 2 aliphatic heterocycles. The summed E-state index contributed by atoms with van der Waals surface area (Å²) in [5.74, 6) is 2.89. The minimum absolute atomic E-state index is 0.409. The molecule has 1 aromatic heterocycles. The molecule has 1 aromatic rings. The van der Waals surface area contributed by atoms with Crippen molar-refractivity contribution in [2.45, 2.75) is 44.4 Å². The maximum Gasteiger partial charge on any atom is 0.229 e. The van der Waals surface area contributed by atoms with E-state index < -0.39 is 0 Å². The standard InChI is InChI=1S/C14H23N3O2/c1-2-11(10-15-7-1)3-4-13-16-14(19-17-13)12-5-8-18-9-6-12/h11-12,15H,1-10H2. The van der Waals surface area contributed by atoms with Gasteiger partial charge in [0.1, 0.15) is 0 Å². The lowest BCUT2D eigenvalue weighted by Gasteiger charge is -2.21. The molecule has 0 aromatic carbocycles. The van der Waals surface area contributed by atoms with E-state index in [0.29, 0.717) is 5.92 Å². The second-order valence-corrected chi connectivity index (χ2v) is 5.69. The highest BCUT2D eigenvalue weighted by Crippen LogP contribution is 2.25. The quantitative estimate of drug-likeness (QED) is 0.901. The molecule has 0 bridgehead atoms. The highest BCUT2D eigenvalue weighted by atomic mass is 16.5. The molecule has 2 fully saturated rings. The number of ether oxygens (including phenoxy) is 1. The first-order chi connectivity index (χ1) is 9.42. The van der Waals surface area contributed by atoms with E-state index >= 15 is 0 Å². The molecule has 2 aliphatic rings. The van der Waals surface area contributed by atoms with Crippen LogP contribution in [0.2, 0.25) is 0 Å². The average molecular weight is 265 g/mol. The fourth-order valence-corrected chi connectivity index (χ4v) is 2.98. The summed E-state index contributed by atoms with van der Waals surface area (Å²) in [6, 6.07) is 0. The largest absolute Gasteiger partial charge is 0.381 e. The Labute approximate surface area is 114 Å². The number of hydrogen-bond donors (Lipinski definition) is 1.